The molecule has 0 radical (unpaired) electrons. The van der Waals surface area contributed by atoms with Gasteiger partial charge in [-0.25, -0.2) is 9.97 Å². The summed E-state index contributed by atoms with van der Waals surface area (Å²) in [5.74, 6) is 7.73. The maximum absolute atomic E-state index is 6.03. The summed E-state index contributed by atoms with van der Waals surface area (Å²) in [6.45, 7) is 8.92. The van der Waals surface area contributed by atoms with Gasteiger partial charge in [-0.15, -0.1) is 0 Å². The Morgan fingerprint density at radius 3 is 1.95 bits per heavy atom. The number of hydrogen-bond donors (Lipinski definition) is 4. The molecular formula is C53H43BrN8O. The van der Waals surface area contributed by atoms with E-state index in [4.69, 9.17) is 24.7 Å². The van der Waals surface area contributed by atoms with Crippen molar-refractivity contribution in [2.45, 2.75) is 51.4 Å². The Balaban J connectivity index is 1.03. The number of fused-ring (bicyclic) bond motifs is 16. The maximum Gasteiger partial charge on any atom is 0.164 e. The normalized spacial score (nSPS) is 14.7. The molecule has 1 aromatic carbocycles. The smallest absolute Gasteiger partial charge is 0.164 e. The van der Waals surface area contributed by atoms with E-state index < -0.39 is 0 Å². The van der Waals surface area contributed by atoms with Gasteiger partial charge in [0, 0.05) is 89.5 Å². The van der Waals surface area contributed by atoms with Crippen molar-refractivity contribution in [3.05, 3.63) is 158 Å². The first-order valence-corrected chi connectivity index (χ1v) is 21.9. The highest BCUT2D eigenvalue weighted by Gasteiger charge is 2.32. The first kappa shape index (κ1) is 38.7. The van der Waals surface area contributed by atoms with Crippen molar-refractivity contribution < 1.29 is 4.74 Å². The van der Waals surface area contributed by atoms with E-state index in [2.05, 4.69) is 179 Å². The van der Waals surface area contributed by atoms with Gasteiger partial charge < -0.3 is 24.7 Å². The van der Waals surface area contributed by atoms with E-state index in [1.165, 1.54) is 0 Å². The van der Waals surface area contributed by atoms with Gasteiger partial charge in [-0.2, -0.15) is 0 Å². The zero-order valence-electron chi connectivity index (χ0n) is 35.5. The predicted molar refractivity (Wildman–Crippen MR) is 259 cm³/mol. The van der Waals surface area contributed by atoms with E-state index in [1.807, 2.05) is 18.2 Å². The lowest BCUT2D eigenvalue weighted by Crippen LogP contribution is -2.15. The Morgan fingerprint density at radius 2 is 1.21 bits per heavy atom. The lowest BCUT2D eigenvalue weighted by atomic mass is 9.87. The number of ether oxygens (including phenoxy) is 1. The third-order valence-corrected chi connectivity index (χ3v) is 12.7. The van der Waals surface area contributed by atoms with E-state index in [9.17, 15) is 0 Å². The summed E-state index contributed by atoms with van der Waals surface area (Å²) in [6, 6.07) is 33.6. The largest absolute Gasteiger partial charge is 0.493 e. The number of halogens is 1. The molecule has 0 unspecified atom stereocenters. The fourth-order valence-corrected chi connectivity index (χ4v) is 9.41. The highest BCUT2D eigenvalue weighted by atomic mass is 79.9. The summed E-state index contributed by atoms with van der Waals surface area (Å²) < 4.78 is 6.96. The van der Waals surface area contributed by atoms with Crippen molar-refractivity contribution >= 4 is 84.4 Å². The average Bonchev–Trinajstić information content (AvgIpc) is 4.11. The van der Waals surface area contributed by atoms with Crippen molar-refractivity contribution in [1.29, 1.82) is 0 Å². The van der Waals surface area contributed by atoms with Gasteiger partial charge in [-0.1, -0.05) is 51.7 Å². The number of aromatic amines is 4. The summed E-state index contributed by atoms with van der Waals surface area (Å²) in [6.07, 6.45) is 9.74. The standard InChI is InChI=1S/C53H43BrN8O/c1-52(2)28-41-25-45-32(20-39(59-45)26-48-53(3,4)29-46(62-48)51(63-5)50-42(54)24-40(61-50)27-47(52)60-41)11-8-30-6-9-31(10-7-30)49-43-18-16-37(57-43)22-35-14-12-33(55-35)21-34-13-15-36(56-34)23-38-17-19-44(49)58-38/h6-7,9-10,12-27,55,58-59,61H,28-29H2,1-5H3. The Bertz CT molecular complexity index is 3530. The minimum absolute atomic E-state index is 0.167. The van der Waals surface area contributed by atoms with Crippen LogP contribution in [-0.4, -0.2) is 47.0 Å². The van der Waals surface area contributed by atoms with Crippen LogP contribution in [0.4, 0.5) is 0 Å². The Kier molecular flexibility index (Phi) is 9.03. The summed E-state index contributed by atoms with van der Waals surface area (Å²) in [5, 5.41) is 0. The molecule has 9 nitrogen and oxygen atoms in total. The SMILES string of the molecule is COc1c2nc(cc3cc(C#Cc4ccc(-c5c6nc(cc7ccc(cc8nc(cc9ccc5[nH]9)C=C8)[nH]7)C=C6)cc4)c(cc4nc(cc5cc(Br)c1[nH]5)C(C)(C)C4)[nH]3)C(C)(C)C2. The van der Waals surface area contributed by atoms with Crippen molar-refractivity contribution in [1.82, 2.24) is 39.9 Å². The number of aromatic nitrogens is 8. The van der Waals surface area contributed by atoms with E-state index in [0.717, 1.165) is 135 Å². The van der Waals surface area contributed by atoms with Crippen molar-refractivity contribution in [3.63, 3.8) is 0 Å². The zero-order valence-corrected chi connectivity index (χ0v) is 37.1. The average molecular weight is 888 g/mol. The molecule has 10 heterocycles. The van der Waals surface area contributed by atoms with Gasteiger partial charge in [-0.05, 0) is 131 Å². The molecule has 16 bridgehead atoms. The molecule has 0 atom stereocenters. The maximum atomic E-state index is 6.03. The zero-order chi connectivity index (χ0) is 43.0. The molecule has 0 aliphatic carbocycles. The fraction of sp³-hybridized carbons (Fsp3) is 0.170. The molecule has 11 rings (SSSR count). The number of methoxy groups -OCH3 is 1. The van der Waals surface area contributed by atoms with Crippen LogP contribution < -0.4 is 4.74 Å². The van der Waals surface area contributed by atoms with Crippen LogP contribution >= 0.6 is 15.9 Å². The van der Waals surface area contributed by atoms with Crippen LogP contribution in [0.2, 0.25) is 0 Å². The quantitative estimate of drug-likeness (QED) is 0.129. The Labute approximate surface area is 372 Å². The second-order valence-electron chi connectivity index (χ2n) is 17.9. The number of H-pyrrole nitrogens is 4. The molecule has 4 N–H and O–H groups in total. The fourth-order valence-electron chi connectivity index (χ4n) is 8.88. The van der Waals surface area contributed by atoms with Crippen LogP contribution in [0.5, 0.6) is 5.75 Å². The summed E-state index contributed by atoms with van der Waals surface area (Å²) in [4.78, 5) is 34.6. The number of benzene rings is 1. The molecule has 10 heteroatoms. The van der Waals surface area contributed by atoms with Crippen molar-refractivity contribution in [3.8, 4) is 28.7 Å². The van der Waals surface area contributed by atoms with Crippen molar-refractivity contribution in [2.75, 3.05) is 7.11 Å². The highest BCUT2D eigenvalue weighted by molar-refractivity contribution is 9.10. The lowest BCUT2D eigenvalue weighted by molar-refractivity contribution is 0.409. The Morgan fingerprint density at radius 1 is 0.571 bits per heavy atom. The first-order chi connectivity index (χ1) is 30.4. The predicted octanol–water partition coefficient (Wildman–Crippen LogP) is 12.2. The number of nitrogens with one attached hydrogen (secondary N) is 4. The molecule has 0 amide bonds. The third kappa shape index (κ3) is 7.38. The summed E-state index contributed by atoms with van der Waals surface area (Å²) in [5.41, 5.74) is 18.4. The van der Waals surface area contributed by atoms with E-state index in [-0.39, 0.29) is 10.8 Å². The molecular weight excluding hydrogens is 845 g/mol. The minimum atomic E-state index is -0.219. The first-order valence-electron chi connectivity index (χ1n) is 21.1. The van der Waals surface area contributed by atoms with Gasteiger partial charge in [0.25, 0.3) is 0 Å². The highest BCUT2D eigenvalue weighted by Crippen LogP contribution is 2.39. The van der Waals surface area contributed by atoms with Crippen LogP contribution in [-0.2, 0) is 23.7 Å². The minimum Gasteiger partial charge on any atom is -0.493 e. The second-order valence-corrected chi connectivity index (χ2v) is 18.8. The molecule has 0 saturated carbocycles. The molecule has 4 aliphatic heterocycles. The van der Waals surface area contributed by atoms with Gasteiger partial charge in [0.2, 0.25) is 0 Å². The van der Waals surface area contributed by atoms with Gasteiger partial charge in [0.05, 0.1) is 52.2 Å². The van der Waals surface area contributed by atoms with Gasteiger partial charge in [0.1, 0.15) is 0 Å². The van der Waals surface area contributed by atoms with Crippen LogP contribution in [0.15, 0.2) is 102 Å². The second kappa shape index (κ2) is 14.7. The monoisotopic (exact) mass is 886 g/mol. The van der Waals surface area contributed by atoms with E-state index in [0.29, 0.717) is 0 Å². The number of nitrogens with zero attached hydrogens (tertiary/aromatic N) is 4. The number of hydrogen-bond acceptors (Lipinski definition) is 5. The summed E-state index contributed by atoms with van der Waals surface area (Å²) >= 11 is 3.79. The molecule has 6 aromatic heterocycles. The molecule has 308 valence electrons. The molecule has 63 heavy (non-hydrogen) atoms. The number of rotatable bonds is 2. The van der Waals surface area contributed by atoms with E-state index >= 15 is 0 Å². The van der Waals surface area contributed by atoms with Crippen molar-refractivity contribution in [2.24, 2.45) is 0 Å². The lowest BCUT2D eigenvalue weighted by Gasteiger charge is -2.16. The Hall–Kier alpha value is -7.22. The van der Waals surface area contributed by atoms with Crippen LogP contribution in [0.25, 0.3) is 79.6 Å². The van der Waals surface area contributed by atoms with E-state index in [1.54, 1.807) is 7.11 Å². The molecule has 7 aromatic rings. The van der Waals surface area contributed by atoms with Crippen LogP contribution in [0, 0.1) is 11.8 Å². The molecule has 0 saturated heterocycles. The molecule has 0 fully saturated rings. The molecule has 0 spiro atoms. The third-order valence-electron chi connectivity index (χ3n) is 12.1. The van der Waals surface area contributed by atoms with Gasteiger partial charge in [-0.3, -0.25) is 9.97 Å². The van der Waals surface area contributed by atoms with Crippen LogP contribution in [0.1, 0.15) is 84.4 Å². The summed E-state index contributed by atoms with van der Waals surface area (Å²) in [7, 11) is 1.71. The van der Waals surface area contributed by atoms with Gasteiger partial charge in [0.15, 0.2) is 5.75 Å². The topological polar surface area (TPSA) is 124 Å². The molecule has 4 aliphatic rings. The van der Waals surface area contributed by atoms with Crippen LogP contribution in [0.3, 0.4) is 0 Å². The van der Waals surface area contributed by atoms with Gasteiger partial charge >= 0.3 is 0 Å².